The molecule has 0 atom stereocenters. The van der Waals surface area contributed by atoms with Gasteiger partial charge in [-0.05, 0) is 43.4 Å². The van der Waals surface area contributed by atoms with Crippen LogP contribution in [0.1, 0.15) is 24.1 Å². The summed E-state index contributed by atoms with van der Waals surface area (Å²) in [4.78, 5) is 17.3. The summed E-state index contributed by atoms with van der Waals surface area (Å²) in [5.41, 5.74) is 4.49. The van der Waals surface area contributed by atoms with Crippen molar-refractivity contribution < 1.29 is 0 Å². The Labute approximate surface area is 126 Å². The maximum atomic E-state index is 12.5. The summed E-state index contributed by atoms with van der Waals surface area (Å²) < 4.78 is 1.55. The average molecular weight is 300 g/mol. The fourth-order valence-corrected chi connectivity index (χ4v) is 3.11. The summed E-state index contributed by atoms with van der Waals surface area (Å²) in [6, 6.07) is 7.57. The normalized spacial score (nSPS) is 14.3. The molecular formula is C16H14ClN3O. The van der Waals surface area contributed by atoms with Crippen LogP contribution in [0.5, 0.6) is 0 Å². The minimum absolute atomic E-state index is 0.0370. The number of benzene rings is 1. The van der Waals surface area contributed by atoms with E-state index in [0.717, 1.165) is 48.1 Å². The van der Waals surface area contributed by atoms with E-state index in [0.29, 0.717) is 10.7 Å². The molecule has 0 spiro atoms. The van der Waals surface area contributed by atoms with Crippen molar-refractivity contribution in [1.82, 2.24) is 14.6 Å². The summed E-state index contributed by atoms with van der Waals surface area (Å²) in [7, 11) is 0. The highest BCUT2D eigenvalue weighted by Crippen LogP contribution is 2.26. The van der Waals surface area contributed by atoms with Gasteiger partial charge in [-0.25, -0.2) is 9.50 Å². The average Bonchev–Trinajstić information content (AvgIpc) is 2.92. The Bertz CT molecular complexity index is 877. The van der Waals surface area contributed by atoms with Crippen molar-refractivity contribution in [2.75, 3.05) is 0 Å². The second-order valence-corrected chi connectivity index (χ2v) is 5.84. The molecule has 5 heteroatoms. The number of H-pyrrole nitrogens is 1. The smallest absolute Gasteiger partial charge is 0.276 e. The highest BCUT2D eigenvalue weighted by Gasteiger charge is 2.19. The fraction of sp³-hybridized carbons (Fsp3) is 0.250. The second-order valence-electron chi connectivity index (χ2n) is 5.40. The van der Waals surface area contributed by atoms with E-state index in [1.165, 1.54) is 0 Å². The molecule has 0 aliphatic heterocycles. The molecule has 0 radical (unpaired) electrons. The van der Waals surface area contributed by atoms with E-state index in [2.05, 4.69) is 5.10 Å². The van der Waals surface area contributed by atoms with Crippen molar-refractivity contribution in [3.05, 3.63) is 57.1 Å². The Morgan fingerprint density at radius 1 is 1.14 bits per heavy atom. The number of halogens is 1. The second kappa shape index (κ2) is 4.74. The number of hydrogen-bond donors (Lipinski definition) is 1. The molecule has 0 amide bonds. The van der Waals surface area contributed by atoms with E-state index < -0.39 is 0 Å². The zero-order chi connectivity index (χ0) is 14.4. The van der Waals surface area contributed by atoms with Gasteiger partial charge >= 0.3 is 0 Å². The van der Waals surface area contributed by atoms with Gasteiger partial charge in [0.25, 0.3) is 5.56 Å². The van der Waals surface area contributed by atoms with Crippen LogP contribution in [0.4, 0.5) is 0 Å². The predicted molar refractivity (Wildman–Crippen MR) is 82.9 cm³/mol. The zero-order valence-electron chi connectivity index (χ0n) is 11.4. The Hall–Kier alpha value is -2.07. The molecule has 0 saturated carbocycles. The molecule has 1 aliphatic carbocycles. The van der Waals surface area contributed by atoms with Crippen molar-refractivity contribution in [2.24, 2.45) is 0 Å². The molecule has 3 aromatic rings. The molecule has 2 aromatic heterocycles. The monoisotopic (exact) mass is 299 g/mol. The molecule has 106 valence electrons. The molecule has 4 rings (SSSR count). The van der Waals surface area contributed by atoms with Crippen molar-refractivity contribution in [1.29, 1.82) is 0 Å². The quantitative estimate of drug-likeness (QED) is 0.750. The lowest BCUT2D eigenvalue weighted by Crippen LogP contribution is -2.24. The molecule has 1 aliphatic rings. The third kappa shape index (κ3) is 1.98. The third-order valence-corrected chi connectivity index (χ3v) is 4.34. The molecule has 21 heavy (non-hydrogen) atoms. The lowest BCUT2D eigenvalue weighted by Gasteiger charge is -2.13. The highest BCUT2D eigenvalue weighted by molar-refractivity contribution is 6.30. The predicted octanol–water partition coefficient (Wildman–Crippen LogP) is 3.22. The maximum Gasteiger partial charge on any atom is 0.276 e. The van der Waals surface area contributed by atoms with Gasteiger partial charge in [-0.15, -0.1) is 0 Å². The van der Waals surface area contributed by atoms with E-state index in [1.54, 1.807) is 4.52 Å². The number of aryl methyl sites for hydroxylation is 1. The van der Waals surface area contributed by atoms with Crippen molar-refractivity contribution in [2.45, 2.75) is 25.7 Å². The van der Waals surface area contributed by atoms with E-state index in [9.17, 15) is 4.79 Å². The van der Waals surface area contributed by atoms with Crippen LogP contribution >= 0.6 is 11.6 Å². The number of hydrogen-bond acceptors (Lipinski definition) is 2. The fourth-order valence-electron chi connectivity index (χ4n) is 2.99. The van der Waals surface area contributed by atoms with Crippen molar-refractivity contribution in [3.8, 4) is 11.1 Å². The molecule has 0 fully saturated rings. The SMILES string of the molecule is O=c1c2c(nc3c(-c4ccc(Cl)cc4)c[nH]n13)CCCC2. The van der Waals surface area contributed by atoms with Crippen molar-refractivity contribution >= 4 is 17.2 Å². The molecule has 4 nitrogen and oxygen atoms in total. The van der Waals surface area contributed by atoms with Crippen molar-refractivity contribution in [3.63, 3.8) is 0 Å². The molecule has 0 saturated heterocycles. The third-order valence-electron chi connectivity index (χ3n) is 4.09. The maximum absolute atomic E-state index is 12.5. The minimum Gasteiger partial charge on any atom is -0.296 e. The van der Waals surface area contributed by atoms with Gasteiger partial charge in [0.2, 0.25) is 0 Å². The van der Waals surface area contributed by atoms with Crippen LogP contribution in [0, 0.1) is 0 Å². The Morgan fingerprint density at radius 2 is 1.90 bits per heavy atom. The molecular weight excluding hydrogens is 286 g/mol. The topological polar surface area (TPSA) is 50.2 Å². The summed E-state index contributed by atoms with van der Waals surface area (Å²) in [5, 5.41) is 3.72. The minimum atomic E-state index is 0.0370. The number of rotatable bonds is 1. The van der Waals surface area contributed by atoms with Crippen LogP contribution < -0.4 is 5.56 Å². The largest absolute Gasteiger partial charge is 0.296 e. The van der Waals surface area contributed by atoms with E-state index in [1.807, 2.05) is 30.5 Å². The zero-order valence-corrected chi connectivity index (χ0v) is 12.2. The van der Waals surface area contributed by atoms with E-state index in [4.69, 9.17) is 16.6 Å². The van der Waals surface area contributed by atoms with Gasteiger partial charge in [-0.1, -0.05) is 23.7 Å². The molecule has 1 aromatic carbocycles. The first-order valence-electron chi connectivity index (χ1n) is 7.12. The van der Waals surface area contributed by atoms with Crippen LogP contribution in [0.2, 0.25) is 5.02 Å². The van der Waals surface area contributed by atoms with Gasteiger partial charge in [0.15, 0.2) is 5.65 Å². The molecule has 0 unspecified atom stereocenters. The Morgan fingerprint density at radius 3 is 2.71 bits per heavy atom. The van der Waals surface area contributed by atoms with Gasteiger partial charge in [0, 0.05) is 22.3 Å². The number of nitrogens with zero attached hydrogens (tertiary/aromatic N) is 2. The first-order valence-corrected chi connectivity index (χ1v) is 7.49. The van der Waals surface area contributed by atoms with Crippen LogP contribution in [-0.4, -0.2) is 14.6 Å². The standard InChI is InChI=1S/C16H14ClN3O/c17-11-7-5-10(6-8-11)13-9-18-20-15(13)19-14-4-2-1-3-12(14)16(20)21/h5-9,18H,1-4H2. The van der Waals surface area contributed by atoms with Crippen LogP contribution in [0.15, 0.2) is 35.3 Å². The summed E-state index contributed by atoms with van der Waals surface area (Å²) in [5.74, 6) is 0. The molecule has 0 bridgehead atoms. The van der Waals surface area contributed by atoms with Crippen LogP contribution in [0.3, 0.4) is 0 Å². The number of fused-ring (bicyclic) bond motifs is 2. The first-order chi connectivity index (χ1) is 10.2. The van der Waals surface area contributed by atoms with Gasteiger partial charge in [0.05, 0.1) is 5.69 Å². The van der Waals surface area contributed by atoms with E-state index >= 15 is 0 Å². The van der Waals surface area contributed by atoms with Gasteiger partial charge < -0.3 is 0 Å². The van der Waals surface area contributed by atoms with Gasteiger partial charge in [-0.3, -0.25) is 9.89 Å². The number of aromatic amines is 1. The summed E-state index contributed by atoms with van der Waals surface area (Å²) in [6.07, 6.45) is 5.74. The lowest BCUT2D eigenvalue weighted by atomic mass is 9.97. The van der Waals surface area contributed by atoms with Gasteiger partial charge in [0.1, 0.15) is 0 Å². The molecule has 2 heterocycles. The Balaban J connectivity index is 1.98. The van der Waals surface area contributed by atoms with E-state index in [-0.39, 0.29) is 5.56 Å². The summed E-state index contributed by atoms with van der Waals surface area (Å²) >= 11 is 5.93. The number of aromatic nitrogens is 3. The van der Waals surface area contributed by atoms with Gasteiger partial charge in [-0.2, -0.15) is 0 Å². The summed E-state index contributed by atoms with van der Waals surface area (Å²) in [6.45, 7) is 0. The number of nitrogens with one attached hydrogen (secondary N) is 1. The lowest BCUT2D eigenvalue weighted by molar-refractivity contribution is 0.651. The first kappa shape index (κ1) is 12.7. The Kier molecular flexibility index (Phi) is 2.86. The highest BCUT2D eigenvalue weighted by atomic mass is 35.5. The van der Waals surface area contributed by atoms with Crippen LogP contribution in [-0.2, 0) is 12.8 Å². The molecule has 1 N–H and O–H groups in total. The van der Waals surface area contributed by atoms with Crippen LogP contribution in [0.25, 0.3) is 16.8 Å².